The number of carboxylic acids is 1. The third-order valence-corrected chi connectivity index (χ3v) is 6.24. The van der Waals surface area contributed by atoms with Gasteiger partial charge in [-0.15, -0.1) is 11.3 Å². The Balaban J connectivity index is 3.00. The maximum absolute atomic E-state index is 12.3. The number of aromatic carboxylic acids is 1. The highest BCUT2D eigenvalue weighted by Crippen LogP contribution is 2.31. The molecule has 0 saturated carbocycles. The van der Waals surface area contributed by atoms with Gasteiger partial charge in [-0.1, -0.05) is 13.3 Å². The van der Waals surface area contributed by atoms with E-state index in [0.29, 0.717) is 6.42 Å². The van der Waals surface area contributed by atoms with Gasteiger partial charge in [-0.25, -0.2) is 17.9 Å². The fourth-order valence-corrected chi connectivity index (χ4v) is 5.31. The number of halogens is 1. The smallest absolute Gasteiger partial charge is 0.345 e. The average molecular weight is 386 g/mol. The van der Waals surface area contributed by atoms with Crippen LogP contribution in [0, 0.1) is 0 Å². The molecule has 0 aliphatic carbocycles. The normalized spacial score (nSPS) is 13.3. The van der Waals surface area contributed by atoms with E-state index in [1.54, 1.807) is 0 Å². The number of sulfonamides is 1. The molecule has 1 rings (SSSR count). The Hall–Kier alpha value is -0.480. The van der Waals surface area contributed by atoms with Gasteiger partial charge in [-0.3, -0.25) is 0 Å². The lowest BCUT2D eigenvalue weighted by molar-refractivity contribution is 0.0702. The van der Waals surface area contributed by atoms with Gasteiger partial charge in [0.2, 0.25) is 10.0 Å². The van der Waals surface area contributed by atoms with Crippen molar-refractivity contribution < 1.29 is 23.1 Å². The van der Waals surface area contributed by atoms with Gasteiger partial charge in [0, 0.05) is 13.2 Å². The molecule has 1 unspecified atom stereocenters. The van der Waals surface area contributed by atoms with Crippen molar-refractivity contribution >= 4 is 43.3 Å². The topological polar surface area (TPSA) is 92.7 Å². The lowest BCUT2D eigenvalue weighted by atomic mass is 10.2. The number of methoxy groups -OCH3 is 1. The van der Waals surface area contributed by atoms with Crippen LogP contribution in [0.4, 0.5) is 0 Å². The van der Waals surface area contributed by atoms with E-state index in [0.717, 1.165) is 23.8 Å². The van der Waals surface area contributed by atoms with E-state index in [-0.39, 0.29) is 26.2 Å². The van der Waals surface area contributed by atoms with Gasteiger partial charge in [-0.2, -0.15) is 0 Å². The number of hydrogen-bond donors (Lipinski definition) is 2. The number of carboxylic acid groups (broad SMARTS) is 1. The lowest BCUT2D eigenvalue weighted by Crippen LogP contribution is -2.37. The van der Waals surface area contributed by atoms with Crippen LogP contribution in [0.15, 0.2) is 14.7 Å². The van der Waals surface area contributed by atoms with Crippen LogP contribution in [0.3, 0.4) is 0 Å². The zero-order valence-corrected chi connectivity index (χ0v) is 14.3. The minimum atomic E-state index is -3.78. The standard InChI is InChI=1S/C11H16BrNO5S2/c1-3-4-7(6-18-2)13-20(16,17)9-5-8(11(14)15)19-10(9)12/h5,7,13H,3-4,6H2,1-2H3,(H,14,15). The van der Waals surface area contributed by atoms with Crippen molar-refractivity contribution in [3.05, 3.63) is 14.7 Å². The number of hydrogen-bond acceptors (Lipinski definition) is 5. The van der Waals surface area contributed by atoms with E-state index in [4.69, 9.17) is 9.84 Å². The van der Waals surface area contributed by atoms with Crippen molar-refractivity contribution in [2.24, 2.45) is 0 Å². The molecule has 0 fully saturated rings. The molecule has 1 aromatic rings. The number of ether oxygens (including phenoxy) is 1. The third kappa shape index (κ3) is 4.52. The first-order valence-corrected chi connectivity index (χ1v) is 8.95. The van der Waals surface area contributed by atoms with Crippen LogP contribution in [-0.4, -0.2) is 39.3 Å². The predicted octanol–water partition coefficient (Wildman–Crippen LogP) is 2.30. The minimum Gasteiger partial charge on any atom is -0.477 e. The van der Waals surface area contributed by atoms with E-state index >= 15 is 0 Å². The summed E-state index contributed by atoms with van der Waals surface area (Å²) in [6.07, 6.45) is 1.45. The Labute approximate surface area is 130 Å². The highest BCUT2D eigenvalue weighted by atomic mass is 79.9. The van der Waals surface area contributed by atoms with Crippen LogP contribution in [0.5, 0.6) is 0 Å². The van der Waals surface area contributed by atoms with Crippen molar-refractivity contribution in [1.29, 1.82) is 0 Å². The number of rotatable bonds is 8. The highest BCUT2D eigenvalue weighted by Gasteiger charge is 2.25. The highest BCUT2D eigenvalue weighted by molar-refractivity contribution is 9.11. The largest absolute Gasteiger partial charge is 0.477 e. The molecule has 1 atom stereocenters. The maximum atomic E-state index is 12.3. The summed E-state index contributed by atoms with van der Waals surface area (Å²) in [7, 11) is -2.28. The molecule has 0 aliphatic heterocycles. The van der Waals surface area contributed by atoms with Crippen LogP contribution >= 0.6 is 27.3 Å². The van der Waals surface area contributed by atoms with Crippen molar-refractivity contribution in [3.8, 4) is 0 Å². The fourth-order valence-electron chi connectivity index (χ4n) is 1.65. The number of nitrogens with one attached hydrogen (secondary N) is 1. The quantitative estimate of drug-likeness (QED) is 0.715. The fraction of sp³-hybridized carbons (Fsp3) is 0.545. The molecule has 114 valence electrons. The van der Waals surface area contributed by atoms with Crippen molar-refractivity contribution in [2.45, 2.75) is 30.7 Å². The summed E-state index contributed by atoms with van der Waals surface area (Å²) in [5.41, 5.74) is 0. The van der Waals surface area contributed by atoms with E-state index in [2.05, 4.69) is 20.7 Å². The van der Waals surface area contributed by atoms with Gasteiger partial charge in [0.25, 0.3) is 0 Å². The first kappa shape index (κ1) is 17.6. The second kappa shape index (κ2) is 7.51. The molecule has 1 heterocycles. The molecule has 9 heteroatoms. The van der Waals surface area contributed by atoms with Gasteiger partial charge in [-0.05, 0) is 28.4 Å². The summed E-state index contributed by atoms with van der Waals surface area (Å²) in [6, 6.07) is 0.810. The Morgan fingerprint density at radius 2 is 2.25 bits per heavy atom. The van der Waals surface area contributed by atoms with Crippen LogP contribution in [0.1, 0.15) is 29.4 Å². The Bertz CT molecular complexity index is 563. The van der Waals surface area contributed by atoms with Gasteiger partial charge >= 0.3 is 5.97 Å². The Kier molecular flexibility index (Phi) is 6.59. The van der Waals surface area contributed by atoms with Gasteiger partial charge in [0.1, 0.15) is 9.77 Å². The lowest BCUT2D eigenvalue weighted by Gasteiger charge is -2.16. The van der Waals surface area contributed by atoms with Crippen molar-refractivity contribution in [3.63, 3.8) is 0 Å². The maximum Gasteiger partial charge on any atom is 0.345 e. The van der Waals surface area contributed by atoms with Crippen molar-refractivity contribution in [1.82, 2.24) is 4.72 Å². The summed E-state index contributed by atoms with van der Waals surface area (Å²) in [4.78, 5) is 10.8. The molecular formula is C11H16BrNO5S2. The second-order valence-corrected chi connectivity index (χ2v) is 8.17. The molecule has 0 aromatic carbocycles. The molecule has 0 bridgehead atoms. The minimum absolute atomic E-state index is 0.0315. The summed E-state index contributed by atoms with van der Waals surface area (Å²) in [5.74, 6) is -1.15. The van der Waals surface area contributed by atoms with E-state index in [1.165, 1.54) is 7.11 Å². The van der Waals surface area contributed by atoms with Gasteiger partial charge in [0.15, 0.2) is 0 Å². The molecule has 0 amide bonds. The molecule has 1 aromatic heterocycles. The van der Waals surface area contributed by atoms with E-state index < -0.39 is 16.0 Å². The molecular weight excluding hydrogens is 370 g/mol. The van der Waals surface area contributed by atoms with Gasteiger partial charge < -0.3 is 9.84 Å². The average Bonchev–Trinajstić information content (AvgIpc) is 2.72. The Morgan fingerprint density at radius 1 is 1.60 bits per heavy atom. The monoisotopic (exact) mass is 385 g/mol. The van der Waals surface area contributed by atoms with Crippen LogP contribution in [-0.2, 0) is 14.8 Å². The zero-order chi connectivity index (χ0) is 15.3. The summed E-state index contributed by atoms with van der Waals surface area (Å²) in [6.45, 7) is 2.21. The van der Waals surface area contributed by atoms with Crippen LogP contribution < -0.4 is 4.72 Å². The van der Waals surface area contributed by atoms with Crippen LogP contribution in [0.2, 0.25) is 0 Å². The van der Waals surface area contributed by atoms with E-state index in [1.807, 2.05) is 6.92 Å². The van der Waals surface area contributed by atoms with E-state index in [9.17, 15) is 13.2 Å². The second-order valence-electron chi connectivity index (χ2n) is 4.12. The molecule has 0 spiro atoms. The summed E-state index contributed by atoms with van der Waals surface area (Å²) >= 11 is 3.96. The first-order valence-electron chi connectivity index (χ1n) is 5.85. The summed E-state index contributed by atoms with van der Waals surface area (Å²) in [5, 5.41) is 8.89. The molecule has 6 nitrogen and oxygen atoms in total. The third-order valence-electron chi connectivity index (χ3n) is 2.48. The predicted molar refractivity (Wildman–Crippen MR) is 79.9 cm³/mol. The number of carbonyl (C=O) groups is 1. The van der Waals surface area contributed by atoms with Crippen molar-refractivity contribution in [2.75, 3.05) is 13.7 Å². The molecule has 20 heavy (non-hydrogen) atoms. The SMILES string of the molecule is CCCC(COC)NS(=O)(=O)c1cc(C(=O)O)sc1Br. The molecule has 0 saturated heterocycles. The zero-order valence-electron chi connectivity index (χ0n) is 11.1. The summed E-state index contributed by atoms with van der Waals surface area (Å²) < 4.78 is 32.3. The Morgan fingerprint density at radius 3 is 2.70 bits per heavy atom. The van der Waals surface area contributed by atoms with Crippen LogP contribution in [0.25, 0.3) is 0 Å². The van der Waals surface area contributed by atoms with Gasteiger partial charge in [0.05, 0.1) is 10.4 Å². The first-order chi connectivity index (χ1) is 9.31. The molecule has 2 N–H and O–H groups in total. The molecule has 0 aliphatic rings. The number of thiophene rings is 1. The molecule has 0 radical (unpaired) electrons.